The third-order valence-electron chi connectivity index (χ3n) is 2.17. The number of hydrogen-bond acceptors (Lipinski definition) is 3. The Morgan fingerprint density at radius 3 is 1.62 bits per heavy atom. The van der Waals surface area contributed by atoms with Crippen LogP contribution in [0.2, 0.25) is 0 Å². The molecule has 2 amide bonds. The summed E-state index contributed by atoms with van der Waals surface area (Å²) in [6.07, 6.45) is 0.134. The molecular formula is C11H18NO3W-. The van der Waals surface area contributed by atoms with Gasteiger partial charge in [0.15, 0.2) is 0 Å². The Balaban J connectivity index is 0. The van der Waals surface area contributed by atoms with E-state index in [9.17, 15) is 9.59 Å². The Morgan fingerprint density at radius 2 is 1.56 bits per heavy atom. The molecule has 0 aliphatic carbocycles. The minimum Gasteiger partial charge on any atom is -0.570 e. The van der Waals surface area contributed by atoms with Crippen molar-refractivity contribution < 1.29 is 36.8 Å². The van der Waals surface area contributed by atoms with E-state index in [-0.39, 0.29) is 46.4 Å². The zero-order valence-corrected chi connectivity index (χ0v) is 12.1. The number of nitrogens with zero attached hydrogens (tertiary/aromatic N) is 1. The van der Waals surface area contributed by atoms with E-state index in [0.29, 0.717) is 17.7 Å². The molecule has 0 bridgehead atoms. The Hall–Kier alpha value is -0.472. The number of amides is 2. The second-order valence-electron chi connectivity index (χ2n) is 3.30. The van der Waals surface area contributed by atoms with Crippen LogP contribution in [0, 0.1) is 6.58 Å². The smallest absolute Gasteiger partial charge is 0.256 e. The average molecular weight is 397 g/mol. The van der Waals surface area contributed by atoms with E-state index in [4.69, 9.17) is 1.37 Å². The first-order valence-electron chi connectivity index (χ1n) is 4.86. The predicted octanol–water partition coefficient (Wildman–Crippen LogP) is 1.52. The minimum atomic E-state index is -0.178. The number of ether oxygens (including phenoxy) is 1. The summed E-state index contributed by atoms with van der Waals surface area (Å²) in [6, 6.07) is 0. The van der Waals surface area contributed by atoms with E-state index in [2.05, 4.69) is 4.74 Å². The Labute approximate surface area is 113 Å². The van der Waals surface area contributed by atoms with Crippen molar-refractivity contribution in [3.63, 3.8) is 0 Å². The Morgan fingerprint density at radius 1 is 1.31 bits per heavy atom. The van der Waals surface area contributed by atoms with E-state index in [1.165, 1.54) is 7.05 Å². The maximum atomic E-state index is 11.0. The van der Waals surface area contributed by atoms with E-state index < -0.39 is 0 Å². The van der Waals surface area contributed by atoms with Crippen LogP contribution < -0.4 is 0 Å². The van der Waals surface area contributed by atoms with Crippen LogP contribution >= 0.6 is 0 Å². The molecule has 4 nitrogen and oxygen atoms in total. The topological polar surface area (TPSA) is 49.9 Å². The maximum Gasteiger partial charge on any atom is 0.256 e. The molecule has 0 N–H and O–H groups in total. The molecule has 2 aliphatic rings. The zero-order chi connectivity index (χ0) is 11.7. The normalized spacial score (nSPS) is 24.1. The summed E-state index contributed by atoms with van der Waals surface area (Å²) in [5.74, 6) is -0.356. The SMILES string of the molecule is C.CC1=C(C)C(=O)N(C)C1=O.[2H][C-]1OC1C.[W]. The summed E-state index contributed by atoms with van der Waals surface area (Å²) in [7, 11) is 1.49. The van der Waals surface area contributed by atoms with Gasteiger partial charge in [0.05, 0.1) is 0 Å². The summed E-state index contributed by atoms with van der Waals surface area (Å²) in [4.78, 5) is 23.1. The maximum absolute atomic E-state index is 11.0. The van der Waals surface area contributed by atoms with Gasteiger partial charge in [-0.1, -0.05) is 20.5 Å². The quantitative estimate of drug-likeness (QED) is 0.354. The van der Waals surface area contributed by atoms with Gasteiger partial charge in [-0.2, -0.15) is 7.95 Å². The number of epoxide rings is 1. The fourth-order valence-electron chi connectivity index (χ4n) is 0.984. The second-order valence-corrected chi connectivity index (χ2v) is 3.30. The first-order chi connectivity index (χ1) is 6.86. The van der Waals surface area contributed by atoms with E-state index >= 15 is 0 Å². The van der Waals surface area contributed by atoms with Gasteiger partial charge in [0, 0.05) is 39.3 Å². The van der Waals surface area contributed by atoms with Gasteiger partial charge in [-0.15, -0.1) is 0 Å². The van der Waals surface area contributed by atoms with Crippen molar-refractivity contribution >= 4 is 11.8 Å². The van der Waals surface area contributed by atoms with Crippen LogP contribution in [0.25, 0.3) is 0 Å². The van der Waals surface area contributed by atoms with Gasteiger partial charge in [-0.25, -0.2) is 0 Å². The fourth-order valence-corrected chi connectivity index (χ4v) is 0.984. The van der Waals surface area contributed by atoms with E-state index in [1.54, 1.807) is 13.8 Å². The van der Waals surface area contributed by atoms with Crippen LogP contribution in [0.3, 0.4) is 0 Å². The second kappa shape index (κ2) is 6.97. The molecule has 1 atom stereocenters. The number of carbonyl (C=O) groups is 2. The monoisotopic (exact) mass is 397 g/mol. The summed E-state index contributed by atoms with van der Waals surface area (Å²) >= 11 is 0. The molecule has 16 heavy (non-hydrogen) atoms. The van der Waals surface area contributed by atoms with Gasteiger partial charge in [-0.3, -0.25) is 14.5 Å². The molecule has 0 aromatic rings. The van der Waals surface area contributed by atoms with E-state index in [0.717, 1.165) is 4.90 Å². The summed E-state index contributed by atoms with van der Waals surface area (Å²) < 4.78 is 11.1. The van der Waals surface area contributed by atoms with Crippen LogP contribution in [-0.4, -0.2) is 29.9 Å². The summed E-state index contributed by atoms with van der Waals surface area (Å²) in [6.45, 7) is 5.60. The molecule has 0 aromatic carbocycles. The van der Waals surface area contributed by atoms with Crippen molar-refractivity contribution in [2.24, 2.45) is 0 Å². The van der Waals surface area contributed by atoms with Gasteiger partial charge in [0.2, 0.25) is 0 Å². The predicted molar refractivity (Wildman–Crippen MR) is 57.7 cm³/mol. The van der Waals surface area contributed by atoms with Crippen LogP contribution in [-0.2, 0) is 35.4 Å². The first-order valence-corrected chi connectivity index (χ1v) is 4.36. The van der Waals surface area contributed by atoms with Gasteiger partial charge >= 0.3 is 0 Å². The van der Waals surface area contributed by atoms with Crippen molar-refractivity contribution in [2.75, 3.05) is 7.05 Å². The Bertz CT molecular complexity index is 314. The van der Waals surface area contributed by atoms with Crippen molar-refractivity contribution in [3.8, 4) is 0 Å². The molecule has 5 heteroatoms. The summed E-state index contributed by atoms with van der Waals surface area (Å²) in [5.41, 5.74) is 1.13. The van der Waals surface area contributed by atoms with Crippen LogP contribution in [0.4, 0.5) is 0 Å². The molecule has 0 spiro atoms. The fraction of sp³-hybridized carbons (Fsp3) is 0.545. The molecule has 1 saturated heterocycles. The molecule has 0 saturated carbocycles. The molecule has 92 valence electrons. The van der Waals surface area contributed by atoms with Gasteiger partial charge in [0.1, 0.15) is 0 Å². The van der Waals surface area contributed by atoms with Crippen LogP contribution in [0.5, 0.6) is 0 Å². The van der Waals surface area contributed by atoms with Crippen molar-refractivity contribution in [3.05, 3.63) is 17.7 Å². The summed E-state index contributed by atoms with van der Waals surface area (Å²) in [5, 5.41) is 0. The molecule has 2 heterocycles. The van der Waals surface area contributed by atoms with Crippen molar-refractivity contribution in [1.29, 1.82) is 0 Å². The standard InChI is InChI=1S/C7H9NO2.C3H5O.CH4.W/c1-4-5(2)7(10)8(3)6(4)9;1-3-2-4-3;;/h1-3H3;2-3H,1H3;1H4;/q;-1;;/i;2D;;. The van der Waals surface area contributed by atoms with Gasteiger partial charge < -0.3 is 4.74 Å². The minimum absolute atomic E-state index is 0. The molecule has 0 radical (unpaired) electrons. The largest absolute Gasteiger partial charge is 0.570 e. The first kappa shape index (κ1) is 15.5. The van der Waals surface area contributed by atoms with Crippen molar-refractivity contribution in [2.45, 2.75) is 34.3 Å². The zero-order valence-electron chi connectivity index (χ0n) is 10.2. The van der Waals surface area contributed by atoms with Crippen molar-refractivity contribution in [1.82, 2.24) is 4.90 Å². The number of hydrogen-bond donors (Lipinski definition) is 0. The van der Waals surface area contributed by atoms with Crippen LogP contribution in [0.1, 0.15) is 29.6 Å². The molecule has 2 aliphatic heterocycles. The number of rotatable bonds is 0. The van der Waals surface area contributed by atoms with Gasteiger partial charge in [-0.05, 0) is 13.8 Å². The third-order valence-corrected chi connectivity index (χ3v) is 2.17. The van der Waals surface area contributed by atoms with Gasteiger partial charge in [0.25, 0.3) is 11.8 Å². The third kappa shape index (κ3) is 4.18. The Kier molecular flexibility index (Phi) is 6.77. The molecular weight excluding hydrogens is 378 g/mol. The molecule has 1 fully saturated rings. The number of imide groups is 1. The average Bonchev–Trinajstić information content (AvgIpc) is 2.83. The molecule has 0 aromatic heterocycles. The number of likely N-dealkylation sites (N-methyl/N-ethyl adjacent to an activating group) is 1. The number of carbonyl (C=O) groups excluding carboxylic acids is 2. The van der Waals surface area contributed by atoms with Crippen LogP contribution in [0.15, 0.2) is 11.1 Å². The molecule has 1 unspecified atom stereocenters. The molecule has 2 rings (SSSR count). The van der Waals surface area contributed by atoms with E-state index in [1.807, 2.05) is 6.92 Å².